The first-order valence-corrected chi connectivity index (χ1v) is 8.16. The molecule has 0 atom stereocenters. The third kappa shape index (κ3) is 1.90. The first-order chi connectivity index (χ1) is 11.0. The van der Waals surface area contributed by atoms with Crippen LogP contribution in [-0.2, 0) is 5.54 Å². The van der Waals surface area contributed by atoms with Crippen molar-refractivity contribution < 1.29 is 4.79 Å². The van der Waals surface area contributed by atoms with E-state index in [9.17, 15) is 9.59 Å². The summed E-state index contributed by atoms with van der Waals surface area (Å²) in [6.45, 7) is 2.04. The first kappa shape index (κ1) is 14.2. The summed E-state index contributed by atoms with van der Waals surface area (Å²) < 4.78 is 0. The lowest BCUT2D eigenvalue weighted by Crippen LogP contribution is -2.38. The minimum Gasteiger partial charge on any atom is -0.356 e. The Bertz CT molecular complexity index is 843. The largest absolute Gasteiger partial charge is 0.356 e. The van der Waals surface area contributed by atoms with Gasteiger partial charge in [-0.15, -0.1) is 0 Å². The molecule has 0 bridgehead atoms. The predicted molar refractivity (Wildman–Crippen MR) is 89.5 cm³/mol. The summed E-state index contributed by atoms with van der Waals surface area (Å²) in [4.78, 5) is 30.4. The zero-order valence-electron chi connectivity index (χ0n) is 13.5. The van der Waals surface area contributed by atoms with Crippen LogP contribution in [0.25, 0.3) is 11.3 Å². The summed E-state index contributed by atoms with van der Waals surface area (Å²) in [5.74, 6) is -0.140. The Morgan fingerprint density at radius 3 is 2.39 bits per heavy atom. The molecule has 1 aliphatic carbocycles. The van der Waals surface area contributed by atoms with Crippen molar-refractivity contribution in [2.24, 2.45) is 0 Å². The maximum atomic E-state index is 12.6. The molecule has 1 aliphatic heterocycles. The number of rotatable bonds is 1. The second kappa shape index (κ2) is 4.82. The number of aromatic nitrogens is 1. The highest BCUT2D eigenvalue weighted by atomic mass is 16.2. The molecule has 1 saturated carbocycles. The van der Waals surface area contributed by atoms with Gasteiger partial charge in [-0.3, -0.25) is 9.59 Å². The Kier molecular flexibility index (Phi) is 2.98. The molecule has 1 N–H and O–H groups in total. The average molecular weight is 308 g/mol. The van der Waals surface area contributed by atoms with Crippen LogP contribution in [0.3, 0.4) is 0 Å². The standard InChI is InChI=1S/C19H20N2O2/c1-12-5-7-13(8-6-12)14-11-15(22)16-17(20-14)19(9-3-4-10-19)21(2)18(16)23/h5-8,11H,3-4,9-10H2,1-2H3,(H,20,22). The van der Waals surface area contributed by atoms with Gasteiger partial charge in [0.05, 0.1) is 11.2 Å². The van der Waals surface area contributed by atoms with Gasteiger partial charge in [-0.1, -0.05) is 42.7 Å². The van der Waals surface area contributed by atoms with Crippen LogP contribution >= 0.6 is 0 Å². The highest BCUT2D eigenvalue weighted by Crippen LogP contribution is 2.47. The summed E-state index contributed by atoms with van der Waals surface area (Å²) in [5.41, 5.74) is 3.63. The van der Waals surface area contributed by atoms with E-state index in [2.05, 4.69) is 4.98 Å². The second-order valence-electron chi connectivity index (χ2n) is 6.77. The minimum absolute atomic E-state index is 0.140. The first-order valence-electron chi connectivity index (χ1n) is 8.16. The Labute approximate surface area is 135 Å². The van der Waals surface area contributed by atoms with Crippen molar-refractivity contribution in [2.75, 3.05) is 7.05 Å². The molecule has 0 saturated heterocycles. The molecule has 1 aromatic carbocycles. The number of hydrogen-bond donors (Lipinski definition) is 1. The van der Waals surface area contributed by atoms with E-state index in [0.29, 0.717) is 5.56 Å². The van der Waals surface area contributed by atoms with Crippen LogP contribution < -0.4 is 5.43 Å². The van der Waals surface area contributed by atoms with Crippen LogP contribution in [0.15, 0.2) is 35.1 Å². The van der Waals surface area contributed by atoms with E-state index in [0.717, 1.165) is 42.6 Å². The summed E-state index contributed by atoms with van der Waals surface area (Å²) in [6, 6.07) is 9.64. The lowest BCUT2D eigenvalue weighted by molar-refractivity contribution is 0.0636. The Morgan fingerprint density at radius 2 is 1.74 bits per heavy atom. The Hall–Kier alpha value is -2.36. The summed E-state index contributed by atoms with van der Waals surface area (Å²) >= 11 is 0. The third-order valence-corrected chi connectivity index (χ3v) is 5.45. The fourth-order valence-corrected chi connectivity index (χ4v) is 4.08. The summed E-state index contributed by atoms with van der Waals surface area (Å²) in [6.07, 6.45) is 4.03. The molecule has 1 aromatic heterocycles. The molecule has 23 heavy (non-hydrogen) atoms. The number of aromatic amines is 1. The number of aryl methyl sites for hydroxylation is 1. The molecule has 2 aromatic rings. The number of fused-ring (bicyclic) bond motifs is 2. The number of nitrogens with one attached hydrogen (secondary N) is 1. The summed E-state index contributed by atoms with van der Waals surface area (Å²) in [7, 11) is 1.83. The minimum atomic E-state index is -0.313. The van der Waals surface area contributed by atoms with Gasteiger partial charge in [0.1, 0.15) is 5.56 Å². The predicted octanol–water partition coefficient (Wildman–Crippen LogP) is 3.21. The monoisotopic (exact) mass is 308 g/mol. The average Bonchev–Trinajstić information content (AvgIpc) is 3.10. The number of amides is 1. The Morgan fingerprint density at radius 1 is 1.09 bits per heavy atom. The number of carbonyl (C=O) groups is 1. The Balaban J connectivity index is 1.94. The van der Waals surface area contributed by atoms with Crippen molar-refractivity contribution in [3.05, 3.63) is 57.4 Å². The number of nitrogens with zero attached hydrogens (tertiary/aromatic N) is 1. The van der Waals surface area contributed by atoms with Gasteiger partial charge in [0.25, 0.3) is 5.91 Å². The van der Waals surface area contributed by atoms with Gasteiger partial charge in [-0.25, -0.2) is 0 Å². The molecule has 1 fully saturated rings. The van der Waals surface area contributed by atoms with Crippen molar-refractivity contribution in [2.45, 2.75) is 38.1 Å². The zero-order valence-corrected chi connectivity index (χ0v) is 13.5. The van der Waals surface area contributed by atoms with E-state index >= 15 is 0 Å². The molecule has 4 nitrogen and oxygen atoms in total. The summed E-state index contributed by atoms with van der Waals surface area (Å²) in [5, 5.41) is 0. The number of pyridine rings is 1. The van der Waals surface area contributed by atoms with Crippen molar-refractivity contribution in [3.8, 4) is 11.3 Å². The molecule has 2 aliphatic rings. The van der Waals surface area contributed by atoms with Gasteiger partial charge in [0.15, 0.2) is 5.43 Å². The van der Waals surface area contributed by atoms with Gasteiger partial charge >= 0.3 is 0 Å². The highest BCUT2D eigenvalue weighted by Gasteiger charge is 2.51. The van der Waals surface area contributed by atoms with Crippen molar-refractivity contribution >= 4 is 5.91 Å². The quantitative estimate of drug-likeness (QED) is 0.879. The zero-order chi connectivity index (χ0) is 16.2. The molecular formula is C19H20N2O2. The van der Waals surface area contributed by atoms with Gasteiger partial charge in [0.2, 0.25) is 0 Å². The van der Waals surface area contributed by atoms with Crippen molar-refractivity contribution in [3.63, 3.8) is 0 Å². The second-order valence-corrected chi connectivity index (χ2v) is 6.77. The molecule has 0 unspecified atom stereocenters. The molecule has 1 amide bonds. The van der Waals surface area contributed by atoms with E-state index in [1.54, 1.807) is 11.0 Å². The number of H-pyrrole nitrogens is 1. The number of benzene rings is 1. The molecule has 4 heteroatoms. The van der Waals surface area contributed by atoms with E-state index < -0.39 is 0 Å². The number of carbonyl (C=O) groups excluding carboxylic acids is 1. The van der Waals surface area contributed by atoms with Crippen LogP contribution in [0.1, 0.15) is 47.3 Å². The van der Waals surface area contributed by atoms with E-state index in [1.165, 1.54) is 5.56 Å². The van der Waals surface area contributed by atoms with E-state index in [1.807, 2.05) is 38.2 Å². The SMILES string of the molecule is Cc1ccc(-c2cc(=O)c3c([nH]2)C2(CCCC2)N(C)C3=O)cc1. The molecule has 4 rings (SSSR count). The normalized spacial score (nSPS) is 18.7. The van der Waals surface area contributed by atoms with Gasteiger partial charge in [-0.05, 0) is 25.3 Å². The number of hydrogen-bond acceptors (Lipinski definition) is 2. The third-order valence-electron chi connectivity index (χ3n) is 5.45. The van der Waals surface area contributed by atoms with Gasteiger partial charge in [-0.2, -0.15) is 0 Å². The van der Waals surface area contributed by atoms with E-state index in [4.69, 9.17) is 0 Å². The molecule has 0 radical (unpaired) electrons. The van der Waals surface area contributed by atoms with Gasteiger partial charge in [0, 0.05) is 18.8 Å². The molecule has 118 valence electrons. The van der Waals surface area contributed by atoms with Crippen molar-refractivity contribution in [1.82, 2.24) is 9.88 Å². The smallest absolute Gasteiger partial charge is 0.260 e. The van der Waals surface area contributed by atoms with Crippen LogP contribution in [0.2, 0.25) is 0 Å². The van der Waals surface area contributed by atoms with Gasteiger partial charge < -0.3 is 9.88 Å². The van der Waals surface area contributed by atoms with Crippen LogP contribution in [0.4, 0.5) is 0 Å². The van der Waals surface area contributed by atoms with Crippen LogP contribution in [-0.4, -0.2) is 22.8 Å². The van der Waals surface area contributed by atoms with E-state index in [-0.39, 0.29) is 16.9 Å². The topological polar surface area (TPSA) is 53.2 Å². The maximum absolute atomic E-state index is 12.6. The van der Waals surface area contributed by atoms with Crippen LogP contribution in [0, 0.1) is 6.92 Å². The fraction of sp³-hybridized carbons (Fsp3) is 0.368. The lowest BCUT2D eigenvalue weighted by Gasteiger charge is -2.32. The highest BCUT2D eigenvalue weighted by molar-refractivity contribution is 5.99. The lowest BCUT2D eigenvalue weighted by atomic mass is 9.92. The molecule has 1 spiro atoms. The fourth-order valence-electron chi connectivity index (χ4n) is 4.08. The molecule has 2 heterocycles. The molecular weight excluding hydrogens is 288 g/mol. The maximum Gasteiger partial charge on any atom is 0.260 e. The van der Waals surface area contributed by atoms with Crippen molar-refractivity contribution in [1.29, 1.82) is 0 Å². The van der Waals surface area contributed by atoms with Crippen LogP contribution in [0.5, 0.6) is 0 Å².